The van der Waals surface area contributed by atoms with Crippen molar-refractivity contribution in [1.29, 1.82) is 0 Å². The van der Waals surface area contributed by atoms with E-state index in [1.165, 1.54) is 12.8 Å². The highest BCUT2D eigenvalue weighted by Crippen LogP contribution is 2.23. The molecule has 2 aromatic rings. The second-order valence-electron chi connectivity index (χ2n) is 7.22. The molecule has 3 amide bonds. The van der Waals surface area contributed by atoms with Gasteiger partial charge in [-0.3, -0.25) is 4.79 Å². The molecule has 1 saturated carbocycles. The molecule has 1 aliphatic rings. The van der Waals surface area contributed by atoms with Gasteiger partial charge in [-0.2, -0.15) is 0 Å². The van der Waals surface area contributed by atoms with E-state index < -0.39 is 0 Å². The molecule has 0 saturated heterocycles. The molecule has 1 aliphatic carbocycles. The molecular weight excluding hydrogens is 368 g/mol. The second-order valence-corrected chi connectivity index (χ2v) is 7.22. The predicted octanol–water partition coefficient (Wildman–Crippen LogP) is 3.78. The predicted molar refractivity (Wildman–Crippen MR) is 112 cm³/mol. The molecule has 0 spiro atoms. The maximum absolute atomic E-state index is 12.3. The molecule has 29 heavy (non-hydrogen) atoms. The number of amides is 3. The molecule has 0 radical (unpaired) electrons. The van der Waals surface area contributed by atoms with Crippen molar-refractivity contribution in [1.82, 2.24) is 15.6 Å². The van der Waals surface area contributed by atoms with Crippen molar-refractivity contribution >= 4 is 17.6 Å². The maximum Gasteiger partial charge on any atom is 0.319 e. The first-order valence-electron chi connectivity index (χ1n) is 10.1. The Morgan fingerprint density at radius 3 is 2.66 bits per heavy atom. The molecule has 1 fully saturated rings. The molecule has 0 aliphatic heterocycles. The van der Waals surface area contributed by atoms with E-state index in [9.17, 15) is 9.59 Å². The standard InChI is InChI=1S/C22H28N4O3/c1-3-23-21(27)17-8-9-19(15(2)12-17)26-22(28)25-14-16-10-11-24-20(13-16)29-18-6-4-5-7-18/h8-13,18H,3-7,14H2,1-2H3,(H,23,27)(H2,25,26,28). The van der Waals surface area contributed by atoms with Crippen molar-refractivity contribution < 1.29 is 14.3 Å². The quantitative estimate of drug-likeness (QED) is 0.664. The number of anilines is 1. The summed E-state index contributed by atoms with van der Waals surface area (Å²) in [5.74, 6) is 0.480. The lowest BCUT2D eigenvalue weighted by atomic mass is 10.1. The molecule has 1 heterocycles. The summed E-state index contributed by atoms with van der Waals surface area (Å²) in [7, 11) is 0. The topological polar surface area (TPSA) is 92.4 Å². The van der Waals surface area contributed by atoms with Crippen molar-refractivity contribution in [2.45, 2.75) is 52.2 Å². The van der Waals surface area contributed by atoms with Gasteiger partial charge in [0, 0.05) is 36.6 Å². The number of carbonyl (C=O) groups is 2. The van der Waals surface area contributed by atoms with Crippen LogP contribution in [0.4, 0.5) is 10.5 Å². The Bertz CT molecular complexity index is 863. The minimum atomic E-state index is -0.311. The number of hydrogen-bond donors (Lipinski definition) is 3. The number of carbonyl (C=O) groups excluding carboxylic acids is 2. The number of aryl methyl sites for hydroxylation is 1. The highest BCUT2D eigenvalue weighted by atomic mass is 16.5. The average Bonchev–Trinajstić information content (AvgIpc) is 3.21. The highest BCUT2D eigenvalue weighted by molar-refractivity contribution is 5.96. The number of benzene rings is 1. The van der Waals surface area contributed by atoms with Gasteiger partial charge in [0.2, 0.25) is 5.88 Å². The smallest absolute Gasteiger partial charge is 0.319 e. The van der Waals surface area contributed by atoms with E-state index in [4.69, 9.17) is 4.74 Å². The number of rotatable bonds is 7. The van der Waals surface area contributed by atoms with Gasteiger partial charge in [-0.05, 0) is 74.9 Å². The van der Waals surface area contributed by atoms with Gasteiger partial charge >= 0.3 is 6.03 Å². The number of aromatic nitrogens is 1. The summed E-state index contributed by atoms with van der Waals surface area (Å²) in [6.07, 6.45) is 6.50. The zero-order chi connectivity index (χ0) is 20.6. The van der Waals surface area contributed by atoms with Crippen molar-refractivity contribution in [3.63, 3.8) is 0 Å². The van der Waals surface area contributed by atoms with E-state index in [0.29, 0.717) is 30.2 Å². The summed E-state index contributed by atoms with van der Waals surface area (Å²) in [5, 5.41) is 8.42. The lowest BCUT2D eigenvalue weighted by molar-refractivity contribution is 0.0955. The van der Waals surface area contributed by atoms with Crippen LogP contribution in [0.3, 0.4) is 0 Å². The molecular formula is C22H28N4O3. The Morgan fingerprint density at radius 1 is 1.14 bits per heavy atom. The minimum Gasteiger partial charge on any atom is -0.474 e. The van der Waals surface area contributed by atoms with Crippen molar-refractivity contribution in [2.24, 2.45) is 0 Å². The average molecular weight is 396 g/mol. The fraction of sp³-hybridized carbons (Fsp3) is 0.409. The molecule has 0 atom stereocenters. The van der Waals surface area contributed by atoms with Crippen LogP contribution in [0.2, 0.25) is 0 Å². The second kappa shape index (κ2) is 9.91. The number of pyridine rings is 1. The Morgan fingerprint density at radius 2 is 1.93 bits per heavy atom. The van der Waals surface area contributed by atoms with E-state index in [2.05, 4.69) is 20.9 Å². The molecule has 1 aromatic carbocycles. The number of nitrogens with one attached hydrogen (secondary N) is 3. The van der Waals surface area contributed by atoms with Crippen LogP contribution < -0.4 is 20.7 Å². The largest absolute Gasteiger partial charge is 0.474 e. The number of nitrogens with zero attached hydrogens (tertiary/aromatic N) is 1. The van der Waals surface area contributed by atoms with Crippen LogP contribution in [0.1, 0.15) is 54.1 Å². The first kappa shape index (κ1) is 20.6. The lowest BCUT2D eigenvalue weighted by Crippen LogP contribution is -2.28. The third-order valence-corrected chi connectivity index (χ3v) is 4.92. The molecule has 7 heteroatoms. The number of hydrogen-bond acceptors (Lipinski definition) is 4. The third-order valence-electron chi connectivity index (χ3n) is 4.92. The van der Waals surface area contributed by atoms with E-state index >= 15 is 0 Å². The first-order valence-corrected chi connectivity index (χ1v) is 10.1. The number of ether oxygens (including phenoxy) is 1. The SMILES string of the molecule is CCNC(=O)c1ccc(NC(=O)NCc2ccnc(OC3CCCC3)c2)c(C)c1. The van der Waals surface area contributed by atoms with Crippen molar-refractivity contribution in [2.75, 3.05) is 11.9 Å². The first-order chi connectivity index (χ1) is 14.0. The summed E-state index contributed by atoms with van der Waals surface area (Å²) in [5.41, 5.74) is 2.98. The van der Waals surface area contributed by atoms with Crippen LogP contribution in [0, 0.1) is 6.92 Å². The summed E-state index contributed by atoms with van der Waals surface area (Å²) in [6, 6.07) is 8.60. The van der Waals surface area contributed by atoms with E-state index in [0.717, 1.165) is 24.0 Å². The van der Waals surface area contributed by atoms with Crippen LogP contribution >= 0.6 is 0 Å². The van der Waals surface area contributed by atoms with Gasteiger partial charge in [-0.1, -0.05) is 0 Å². The normalized spacial score (nSPS) is 13.7. The Kier molecular flexibility index (Phi) is 7.05. The van der Waals surface area contributed by atoms with Crippen LogP contribution in [-0.4, -0.2) is 29.6 Å². The van der Waals surface area contributed by atoms with Gasteiger partial charge in [0.25, 0.3) is 5.91 Å². The van der Waals surface area contributed by atoms with E-state index in [-0.39, 0.29) is 18.0 Å². The molecule has 154 valence electrons. The lowest BCUT2D eigenvalue weighted by Gasteiger charge is -2.13. The van der Waals surface area contributed by atoms with Crippen LogP contribution in [0.25, 0.3) is 0 Å². The summed E-state index contributed by atoms with van der Waals surface area (Å²) in [6.45, 7) is 4.67. The molecule has 0 unspecified atom stereocenters. The van der Waals surface area contributed by atoms with Crippen molar-refractivity contribution in [3.8, 4) is 5.88 Å². The Balaban J connectivity index is 1.52. The van der Waals surface area contributed by atoms with Crippen LogP contribution in [0.15, 0.2) is 36.5 Å². The third kappa shape index (κ3) is 5.94. The number of urea groups is 1. The molecule has 3 N–H and O–H groups in total. The molecule has 1 aromatic heterocycles. The monoisotopic (exact) mass is 396 g/mol. The Hall–Kier alpha value is -3.09. The highest BCUT2D eigenvalue weighted by Gasteiger charge is 2.17. The fourth-order valence-corrected chi connectivity index (χ4v) is 3.36. The summed E-state index contributed by atoms with van der Waals surface area (Å²) in [4.78, 5) is 28.4. The van der Waals surface area contributed by atoms with E-state index in [1.54, 1.807) is 24.4 Å². The van der Waals surface area contributed by atoms with E-state index in [1.807, 2.05) is 26.0 Å². The zero-order valence-electron chi connectivity index (χ0n) is 17.0. The van der Waals surface area contributed by atoms with Gasteiger partial charge in [-0.25, -0.2) is 9.78 Å². The minimum absolute atomic E-state index is 0.125. The van der Waals surface area contributed by atoms with Gasteiger partial charge in [0.1, 0.15) is 6.10 Å². The molecule has 3 rings (SSSR count). The maximum atomic E-state index is 12.3. The summed E-state index contributed by atoms with van der Waals surface area (Å²) >= 11 is 0. The summed E-state index contributed by atoms with van der Waals surface area (Å²) < 4.78 is 5.91. The van der Waals surface area contributed by atoms with Crippen molar-refractivity contribution in [3.05, 3.63) is 53.2 Å². The van der Waals surface area contributed by atoms with Crippen LogP contribution in [0.5, 0.6) is 5.88 Å². The van der Waals surface area contributed by atoms with Gasteiger partial charge in [0.05, 0.1) is 0 Å². The van der Waals surface area contributed by atoms with Gasteiger partial charge in [0.15, 0.2) is 0 Å². The van der Waals surface area contributed by atoms with Gasteiger partial charge < -0.3 is 20.7 Å². The molecule has 7 nitrogen and oxygen atoms in total. The zero-order valence-corrected chi connectivity index (χ0v) is 17.0. The van der Waals surface area contributed by atoms with Crippen LogP contribution in [-0.2, 0) is 6.54 Å². The van der Waals surface area contributed by atoms with Gasteiger partial charge in [-0.15, -0.1) is 0 Å². The Labute approximate surface area is 171 Å². The molecule has 0 bridgehead atoms. The fourth-order valence-electron chi connectivity index (χ4n) is 3.36.